The maximum atomic E-state index is 13.2. The normalized spacial score (nSPS) is 15.4. The molecule has 0 unspecified atom stereocenters. The molecule has 0 radical (unpaired) electrons. The standard InChI is InChI=1S/C24H21FN4O/c25-20-7-5-18(6-8-20)15-24(17-26)9-13-29(14-10-24)23(30)21-4-2-12-28-22(21)19-3-1-11-27-16-19/h1-8,11-12,16H,9-10,13-15H2. The van der Waals surface area contributed by atoms with E-state index in [0.717, 1.165) is 11.1 Å². The van der Waals surface area contributed by atoms with Crippen LogP contribution in [-0.2, 0) is 6.42 Å². The van der Waals surface area contributed by atoms with Gasteiger partial charge in [-0.15, -0.1) is 0 Å². The maximum absolute atomic E-state index is 13.2. The van der Waals surface area contributed by atoms with Gasteiger partial charge in [-0.05, 0) is 61.2 Å². The molecule has 1 aliphatic rings. The predicted octanol–water partition coefficient (Wildman–Crippen LogP) is 4.27. The highest BCUT2D eigenvalue weighted by molar-refractivity contribution is 5.99. The van der Waals surface area contributed by atoms with Gasteiger partial charge in [-0.1, -0.05) is 12.1 Å². The average Bonchev–Trinajstić information content (AvgIpc) is 2.81. The zero-order valence-corrected chi connectivity index (χ0v) is 16.5. The fourth-order valence-electron chi connectivity index (χ4n) is 3.94. The second-order valence-electron chi connectivity index (χ2n) is 7.63. The molecule has 3 heterocycles. The summed E-state index contributed by atoms with van der Waals surface area (Å²) in [5.74, 6) is -0.374. The second kappa shape index (κ2) is 8.42. The Morgan fingerprint density at radius 1 is 1.10 bits per heavy atom. The van der Waals surface area contributed by atoms with E-state index in [9.17, 15) is 14.4 Å². The van der Waals surface area contributed by atoms with E-state index in [1.807, 2.05) is 12.1 Å². The molecule has 0 N–H and O–H groups in total. The first-order valence-corrected chi connectivity index (χ1v) is 9.91. The van der Waals surface area contributed by atoms with Crippen LogP contribution in [0.2, 0.25) is 0 Å². The highest BCUT2D eigenvalue weighted by Gasteiger charge is 2.37. The topological polar surface area (TPSA) is 69.9 Å². The highest BCUT2D eigenvalue weighted by Crippen LogP contribution is 2.35. The molecule has 4 rings (SSSR count). The van der Waals surface area contributed by atoms with Crippen molar-refractivity contribution in [3.63, 3.8) is 0 Å². The number of rotatable bonds is 4. The summed E-state index contributed by atoms with van der Waals surface area (Å²) in [6.45, 7) is 0.990. The molecule has 0 spiro atoms. The SMILES string of the molecule is N#CC1(Cc2ccc(F)cc2)CCN(C(=O)c2cccnc2-c2cccnc2)CC1. The number of hydrogen-bond acceptors (Lipinski definition) is 4. The molecule has 6 heteroatoms. The number of amides is 1. The number of carbonyl (C=O) groups excluding carboxylic acids is 1. The van der Waals surface area contributed by atoms with Crippen molar-refractivity contribution < 1.29 is 9.18 Å². The first-order valence-electron chi connectivity index (χ1n) is 9.91. The molecule has 150 valence electrons. The van der Waals surface area contributed by atoms with Crippen molar-refractivity contribution in [2.24, 2.45) is 5.41 Å². The summed E-state index contributed by atoms with van der Waals surface area (Å²) < 4.78 is 13.2. The Bertz CT molecular complexity index is 1070. The van der Waals surface area contributed by atoms with Crippen LogP contribution in [0.3, 0.4) is 0 Å². The number of aromatic nitrogens is 2. The van der Waals surface area contributed by atoms with E-state index in [1.165, 1.54) is 12.1 Å². The van der Waals surface area contributed by atoms with Gasteiger partial charge in [0.05, 0.1) is 22.7 Å². The van der Waals surface area contributed by atoms with Crippen molar-refractivity contribution in [1.29, 1.82) is 5.26 Å². The zero-order valence-electron chi connectivity index (χ0n) is 16.5. The van der Waals surface area contributed by atoms with Crippen molar-refractivity contribution in [3.05, 3.63) is 84.1 Å². The van der Waals surface area contributed by atoms with Crippen molar-refractivity contribution >= 4 is 5.91 Å². The minimum Gasteiger partial charge on any atom is -0.338 e. The smallest absolute Gasteiger partial charge is 0.256 e. The molecule has 0 aliphatic carbocycles. The minimum absolute atomic E-state index is 0.0877. The van der Waals surface area contributed by atoms with Crippen LogP contribution in [-0.4, -0.2) is 33.9 Å². The largest absolute Gasteiger partial charge is 0.338 e. The fourth-order valence-corrected chi connectivity index (χ4v) is 3.94. The van der Waals surface area contributed by atoms with E-state index in [2.05, 4.69) is 16.0 Å². The van der Waals surface area contributed by atoms with Crippen molar-refractivity contribution in [1.82, 2.24) is 14.9 Å². The number of pyridine rings is 2. The summed E-state index contributed by atoms with van der Waals surface area (Å²) in [5.41, 5.74) is 2.33. The van der Waals surface area contributed by atoms with Crippen molar-refractivity contribution in [3.8, 4) is 17.3 Å². The fraction of sp³-hybridized carbons (Fsp3) is 0.250. The molecule has 0 bridgehead atoms. The first kappa shape index (κ1) is 19.7. The van der Waals surface area contributed by atoms with Gasteiger partial charge in [-0.3, -0.25) is 14.8 Å². The predicted molar refractivity (Wildman–Crippen MR) is 111 cm³/mol. The quantitative estimate of drug-likeness (QED) is 0.656. The molecule has 0 saturated carbocycles. The zero-order chi connectivity index (χ0) is 21.0. The van der Waals surface area contributed by atoms with E-state index < -0.39 is 5.41 Å². The van der Waals surface area contributed by atoms with Crippen molar-refractivity contribution in [2.75, 3.05) is 13.1 Å². The van der Waals surface area contributed by atoms with Gasteiger partial charge in [-0.25, -0.2) is 4.39 Å². The molecule has 1 aromatic carbocycles. The molecule has 1 fully saturated rings. The van der Waals surface area contributed by atoms with E-state index in [-0.39, 0.29) is 11.7 Å². The van der Waals surface area contributed by atoms with E-state index in [1.54, 1.807) is 47.8 Å². The molecule has 3 aromatic rings. The number of hydrogen-bond donors (Lipinski definition) is 0. The van der Waals surface area contributed by atoms with Crippen LogP contribution in [0, 0.1) is 22.6 Å². The summed E-state index contributed by atoms with van der Waals surface area (Å²) >= 11 is 0. The number of benzene rings is 1. The number of nitriles is 1. The van der Waals surface area contributed by atoms with Crippen LogP contribution in [0.1, 0.15) is 28.8 Å². The lowest BCUT2D eigenvalue weighted by molar-refractivity contribution is 0.0647. The minimum atomic E-state index is -0.546. The van der Waals surface area contributed by atoms with Gasteiger partial charge >= 0.3 is 0 Å². The number of nitrogens with zero attached hydrogens (tertiary/aromatic N) is 4. The van der Waals surface area contributed by atoms with E-state index >= 15 is 0 Å². The van der Waals surface area contributed by atoms with Gasteiger partial charge < -0.3 is 4.90 Å². The summed E-state index contributed by atoms with van der Waals surface area (Å²) in [6.07, 6.45) is 6.75. The lowest BCUT2D eigenvalue weighted by atomic mass is 9.75. The van der Waals surface area contributed by atoms with Gasteiger partial charge in [0.15, 0.2) is 0 Å². The van der Waals surface area contributed by atoms with Gasteiger partial charge in [0.2, 0.25) is 0 Å². The Kier molecular flexibility index (Phi) is 5.53. The summed E-state index contributed by atoms with van der Waals surface area (Å²) in [5, 5.41) is 9.85. The average molecular weight is 400 g/mol. The van der Waals surface area contributed by atoms with Crippen LogP contribution in [0.15, 0.2) is 67.1 Å². The van der Waals surface area contributed by atoms with Crippen LogP contribution in [0.25, 0.3) is 11.3 Å². The van der Waals surface area contributed by atoms with Crippen LogP contribution in [0.5, 0.6) is 0 Å². The van der Waals surface area contributed by atoms with Gasteiger partial charge in [0, 0.05) is 37.2 Å². The number of likely N-dealkylation sites (tertiary alicyclic amines) is 1. The number of halogens is 1. The molecule has 2 aromatic heterocycles. The third-order valence-corrected chi connectivity index (χ3v) is 5.67. The monoisotopic (exact) mass is 400 g/mol. The second-order valence-corrected chi connectivity index (χ2v) is 7.63. The highest BCUT2D eigenvalue weighted by atomic mass is 19.1. The maximum Gasteiger partial charge on any atom is 0.256 e. The summed E-state index contributed by atoms with van der Waals surface area (Å²) in [4.78, 5) is 23.5. The van der Waals surface area contributed by atoms with Crippen LogP contribution >= 0.6 is 0 Å². The van der Waals surface area contributed by atoms with Gasteiger partial charge in [0.1, 0.15) is 5.82 Å². The molecular formula is C24H21FN4O. The van der Waals surface area contributed by atoms with Crippen LogP contribution < -0.4 is 0 Å². The van der Waals surface area contributed by atoms with Crippen LogP contribution in [0.4, 0.5) is 4.39 Å². The summed E-state index contributed by atoms with van der Waals surface area (Å²) in [6, 6.07) is 16.0. The van der Waals surface area contributed by atoms with Gasteiger partial charge in [0.25, 0.3) is 5.91 Å². The van der Waals surface area contributed by atoms with E-state index in [0.29, 0.717) is 43.6 Å². The van der Waals surface area contributed by atoms with Gasteiger partial charge in [-0.2, -0.15) is 5.26 Å². The Morgan fingerprint density at radius 2 is 1.83 bits per heavy atom. The summed E-state index contributed by atoms with van der Waals surface area (Å²) in [7, 11) is 0. The molecule has 30 heavy (non-hydrogen) atoms. The number of piperidine rings is 1. The first-order chi connectivity index (χ1) is 14.6. The Balaban J connectivity index is 1.50. The molecular weight excluding hydrogens is 379 g/mol. The molecule has 1 aliphatic heterocycles. The molecule has 1 amide bonds. The molecule has 0 atom stereocenters. The lowest BCUT2D eigenvalue weighted by Gasteiger charge is -2.37. The van der Waals surface area contributed by atoms with Crippen molar-refractivity contribution in [2.45, 2.75) is 19.3 Å². The third-order valence-electron chi connectivity index (χ3n) is 5.67. The Morgan fingerprint density at radius 3 is 2.50 bits per heavy atom. The third kappa shape index (κ3) is 4.06. The molecule has 1 saturated heterocycles. The Hall–Kier alpha value is -3.59. The molecule has 5 nitrogen and oxygen atoms in total. The van der Waals surface area contributed by atoms with E-state index in [4.69, 9.17) is 0 Å². The lowest BCUT2D eigenvalue weighted by Crippen LogP contribution is -2.43. The Labute approximate surface area is 174 Å². The number of carbonyl (C=O) groups is 1.